The molecular weight excluding hydrogens is 479 g/mol. The van der Waals surface area contributed by atoms with Crippen LogP contribution in [0.25, 0.3) is 10.8 Å². The number of hydrogen-bond donors (Lipinski definition) is 1. The third-order valence-corrected chi connectivity index (χ3v) is 7.71. The van der Waals surface area contributed by atoms with Crippen molar-refractivity contribution in [2.45, 2.75) is 70.5 Å². The Kier molecular flexibility index (Phi) is 8.69. The van der Waals surface area contributed by atoms with Crippen LogP contribution in [0, 0.1) is 0 Å². The fraction of sp³-hybridized carbons (Fsp3) is 0.379. The lowest BCUT2D eigenvalue weighted by Crippen LogP contribution is -2.50. The van der Waals surface area contributed by atoms with Crippen LogP contribution in [0.4, 0.5) is 0 Å². The van der Waals surface area contributed by atoms with Gasteiger partial charge in [-0.2, -0.15) is 0 Å². The van der Waals surface area contributed by atoms with Crippen molar-refractivity contribution < 1.29 is 9.59 Å². The van der Waals surface area contributed by atoms with Crippen LogP contribution in [-0.4, -0.2) is 28.8 Å². The number of carbonyl (C=O) groups is 2. The molecule has 4 nitrogen and oxygen atoms in total. The van der Waals surface area contributed by atoms with Crippen molar-refractivity contribution in [3.63, 3.8) is 0 Å². The van der Waals surface area contributed by atoms with Gasteiger partial charge in [0.15, 0.2) is 0 Å². The number of carbonyl (C=O) groups excluding carboxylic acids is 2. The van der Waals surface area contributed by atoms with E-state index >= 15 is 0 Å². The zero-order chi connectivity index (χ0) is 24.8. The fourth-order valence-electron chi connectivity index (χ4n) is 4.90. The second-order valence-electron chi connectivity index (χ2n) is 9.38. The van der Waals surface area contributed by atoms with Crippen LogP contribution in [0.2, 0.25) is 10.0 Å². The van der Waals surface area contributed by atoms with Gasteiger partial charge in [0.2, 0.25) is 11.8 Å². The highest BCUT2D eigenvalue weighted by Gasteiger charge is 2.29. The van der Waals surface area contributed by atoms with Gasteiger partial charge in [-0.05, 0) is 54.7 Å². The molecule has 1 N–H and O–H groups in total. The Hall–Kier alpha value is -2.56. The van der Waals surface area contributed by atoms with E-state index in [1.165, 1.54) is 6.42 Å². The summed E-state index contributed by atoms with van der Waals surface area (Å²) in [6.45, 7) is 1.98. The summed E-state index contributed by atoms with van der Waals surface area (Å²) in [5, 5.41) is 6.44. The molecule has 3 aromatic rings. The highest BCUT2D eigenvalue weighted by Crippen LogP contribution is 2.28. The highest BCUT2D eigenvalue weighted by atomic mass is 35.5. The van der Waals surface area contributed by atoms with Gasteiger partial charge in [0.05, 0.1) is 0 Å². The molecule has 0 aromatic heterocycles. The zero-order valence-electron chi connectivity index (χ0n) is 20.1. The Balaban J connectivity index is 1.53. The SMILES string of the molecule is C[C@@H](C(=O)NC1CCCCC1)N(Cc1c(Cl)cccc1Cl)C(=O)CCc1cccc2ccccc12. The third-order valence-electron chi connectivity index (χ3n) is 7.00. The second kappa shape index (κ2) is 11.9. The molecule has 0 heterocycles. The molecule has 1 aliphatic carbocycles. The maximum atomic E-state index is 13.6. The average molecular weight is 511 g/mol. The van der Waals surface area contributed by atoms with Gasteiger partial charge in [-0.15, -0.1) is 0 Å². The van der Waals surface area contributed by atoms with Crippen LogP contribution in [0.3, 0.4) is 0 Å². The van der Waals surface area contributed by atoms with Gasteiger partial charge in [-0.25, -0.2) is 0 Å². The summed E-state index contributed by atoms with van der Waals surface area (Å²) in [7, 11) is 0. The summed E-state index contributed by atoms with van der Waals surface area (Å²) < 4.78 is 0. The lowest BCUT2D eigenvalue weighted by Gasteiger charge is -2.31. The number of amides is 2. The Morgan fingerprint density at radius 1 is 0.943 bits per heavy atom. The van der Waals surface area contributed by atoms with E-state index in [1.807, 2.05) is 18.2 Å². The molecule has 0 radical (unpaired) electrons. The predicted molar refractivity (Wildman–Crippen MR) is 144 cm³/mol. The maximum Gasteiger partial charge on any atom is 0.242 e. The smallest absolute Gasteiger partial charge is 0.242 e. The first-order chi connectivity index (χ1) is 16.9. The summed E-state index contributed by atoms with van der Waals surface area (Å²) >= 11 is 12.9. The molecule has 1 fully saturated rings. The molecule has 1 aliphatic rings. The van der Waals surface area contributed by atoms with E-state index in [4.69, 9.17) is 23.2 Å². The van der Waals surface area contributed by atoms with Gasteiger partial charge in [-0.1, -0.05) is 91.0 Å². The molecule has 35 heavy (non-hydrogen) atoms. The van der Waals surface area contributed by atoms with Crippen LogP contribution < -0.4 is 5.32 Å². The first kappa shape index (κ1) is 25.5. The average Bonchev–Trinajstić information content (AvgIpc) is 2.87. The minimum absolute atomic E-state index is 0.0970. The molecular formula is C29H32Cl2N2O2. The summed E-state index contributed by atoms with van der Waals surface area (Å²) in [4.78, 5) is 28.4. The first-order valence-electron chi connectivity index (χ1n) is 12.4. The minimum Gasteiger partial charge on any atom is -0.352 e. The lowest BCUT2D eigenvalue weighted by atomic mass is 9.95. The Bertz CT molecular complexity index is 1160. The van der Waals surface area contributed by atoms with Crippen molar-refractivity contribution in [1.82, 2.24) is 10.2 Å². The monoisotopic (exact) mass is 510 g/mol. The van der Waals surface area contributed by atoms with Crippen molar-refractivity contribution in [2.75, 3.05) is 0 Å². The van der Waals surface area contributed by atoms with E-state index in [1.54, 1.807) is 30.0 Å². The van der Waals surface area contributed by atoms with Gasteiger partial charge in [0.25, 0.3) is 0 Å². The number of hydrogen-bond acceptors (Lipinski definition) is 2. The first-order valence-corrected chi connectivity index (χ1v) is 13.2. The maximum absolute atomic E-state index is 13.6. The molecule has 0 bridgehead atoms. The standard InChI is InChI=1S/C29H32Cl2N2O2/c1-20(29(35)32-23-12-3-2-4-13-23)33(19-25-26(30)15-8-16-27(25)31)28(34)18-17-22-11-7-10-21-9-5-6-14-24(21)22/h5-11,14-16,20,23H,2-4,12-13,17-19H2,1H3,(H,32,35)/t20-/m0/s1. The normalized spacial score (nSPS) is 15.1. The van der Waals surface area contributed by atoms with Crippen molar-refractivity contribution in [3.8, 4) is 0 Å². The zero-order valence-corrected chi connectivity index (χ0v) is 21.6. The van der Waals surface area contributed by atoms with Crippen molar-refractivity contribution in [2.24, 2.45) is 0 Å². The molecule has 1 saturated carbocycles. The minimum atomic E-state index is -0.635. The molecule has 0 unspecified atom stereocenters. The van der Waals surface area contributed by atoms with Gasteiger partial charge in [0, 0.05) is 34.6 Å². The van der Waals surface area contributed by atoms with Crippen molar-refractivity contribution in [3.05, 3.63) is 81.8 Å². The quantitative estimate of drug-likeness (QED) is 0.356. The fourth-order valence-corrected chi connectivity index (χ4v) is 5.42. The van der Waals surface area contributed by atoms with Crippen molar-refractivity contribution >= 4 is 45.8 Å². The number of halogens is 2. The number of nitrogens with zero attached hydrogens (tertiary/aromatic N) is 1. The predicted octanol–water partition coefficient (Wildman–Crippen LogP) is 6.95. The number of aryl methyl sites for hydroxylation is 1. The number of fused-ring (bicyclic) bond motifs is 1. The van der Waals surface area contributed by atoms with Gasteiger partial charge >= 0.3 is 0 Å². The Morgan fingerprint density at radius 3 is 2.34 bits per heavy atom. The van der Waals surface area contributed by atoms with E-state index < -0.39 is 6.04 Å². The van der Waals surface area contributed by atoms with Crippen molar-refractivity contribution in [1.29, 1.82) is 0 Å². The molecule has 1 atom stereocenters. The Labute approximate surface area is 217 Å². The van der Waals surface area contributed by atoms with Gasteiger partial charge in [-0.3, -0.25) is 9.59 Å². The van der Waals surface area contributed by atoms with E-state index in [0.29, 0.717) is 22.0 Å². The summed E-state index contributed by atoms with van der Waals surface area (Å²) in [5.74, 6) is -0.223. The molecule has 0 saturated heterocycles. The van der Waals surface area contributed by atoms with Crippen LogP contribution in [0.1, 0.15) is 56.6 Å². The van der Waals surface area contributed by atoms with Crippen LogP contribution in [0.15, 0.2) is 60.7 Å². The molecule has 4 rings (SSSR count). The van der Waals surface area contributed by atoms with E-state index in [9.17, 15) is 9.59 Å². The number of benzene rings is 3. The Morgan fingerprint density at radius 2 is 1.60 bits per heavy atom. The van der Waals surface area contributed by atoms with E-state index in [2.05, 4.69) is 29.6 Å². The summed E-state index contributed by atoms with van der Waals surface area (Å²) in [5.41, 5.74) is 1.78. The summed E-state index contributed by atoms with van der Waals surface area (Å²) in [6, 6.07) is 19.2. The van der Waals surface area contributed by atoms with E-state index in [-0.39, 0.29) is 30.8 Å². The third kappa shape index (κ3) is 6.36. The molecule has 184 valence electrons. The number of rotatable bonds is 8. The highest BCUT2D eigenvalue weighted by molar-refractivity contribution is 6.36. The molecule has 6 heteroatoms. The van der Waals surface area contributed by atoms with E-state index in [0.717, 1.165) is 42.0 Å². The molecule has 2 amide bonds. The molecule has 3 aromatic carbocycles. The second-order valence-corrected chi connectivity index (χ2v) is 10.2. The van der Waals surface area contributed by atoms with Crippen LogP contribution >= 0.6 is 23.2 Å². The topological polar surface area (TPSA) is 49.4 Å². The number of nitrogens with one attached hydrogen (secondary N) is 1. The molecule has 0 spiro atoms. The van der Waals surface area contributed by atoms with Gasteiger partial charge in [0.1, 0.15) is 6.04 Å². The van der Waals surface area contributed by atoms with Crippen LogP contribution in [0.5, 0.6) is 0 Å². The molecule has 0 aliphatic heterocycles. The van der Waals surface area contributed by atoms with Crippen LogP contribution in [-0.2, 0) is 22.6 Å². The largest absolute Gasteiger partial charge is 0.352 e. The lowest BCUT2D eigenvalue weighted by molar-refractivity contribution is -0.141. The van der Waals surface area contributed by atoms with Gasteiger partial charge < -0.3 is 10.2 Å². The summed E-state index contributed by atoms with van der Waals surface area (Å²) in [6.07, 6.45) is 6.32.